The van der Waals surface area contributed by atoms with Crippen LogP contribution < -0.4 is 0 Å². The molecule has 0 bridgehead atoms. The van der Waals surface area contributed by atoms with E-state index in [0.29, 0.717) is 5.56 Å². The maximum absolute atomic E-state index is 10.9. The van der Waals surface area contributed by atoms with Crippen LogP contribution in [-0.2, 0) is 16.0 Å². The van der Waals surface area contributed by atoms with Gasteiger partial charge in [0.15, 0.2) is 0 Å². The van der Waals surface area contributed by atoms with E-state index < -0.39 is 11.8 Å². The number of carbonyl (C=O) groups is 2. The molecule has 0 unspecified atom stereocenters. The molecule has 1 heterocycles. The van der Waals surface area contributed by atoms with Gasteiger partial charge in [0.2, 0.25) is 5.78 Å². The Morgan fingerprint density at radius 2 is 2.07 bits per heavy atom. The van der Waals surface area contributed by atoms with E-state index in [4.69, 9.17) is 5.11 Å². The molecular formula is C10H11NO3. The molecule has 0 atom stereocenters. The second-order valence-corrected chi connectivity index (χ2v) is 3.15. The van der Waals surface area contributed by atoms with Crippen LogP contribution in [0.3, 0.4) is 0 Å². The molecule has 0 aliphatic carbocycles. The average Bonchev–Trinajstić information content (AvgIpc) is 2.11. The summed E-state index contributed by atoms with van der Waals surface area (Å²) >= 11 is 0. The quantitative estimate of drug-likeness (QED) is 0.724. The lowest BCUT2D eigenvalue weighted by Gasteiger charge is -2.01. The SMILES string of the molecule is Cc1cc(CC(=O)C(=O)O)cnc1C. The Morgan fingerprint density at radius 1 is 1.43 bits per heavy atom. The lowest BCUT2D eigenvalue weighted by Crippen LogP contribution is -2.15. The molecule has 1 N–H and O–H groups in total. The number of ketones is 1. The van der Waals surface area contributed by atoms with Crippen LogP contribution in [0.15, 0.2) is 12.3 Å². The molecule has 0 amide bonds. The summed E-state index contributed by atoms with van der Waals surface area (Å²) in [6, 6.07) is 1.78. The number of carbonyl (C=O) groups excluding carboxylic acids is 1. The maximum Gasteiger partial charge on any atom is 0.372 e. The zero-order valence-corrected chi connectivity index (χ0v) is 8.07. The zero-order valence-electron chi connectivity index (χ0n) is 8.07. The van der Waals surface area contributed by atoms with Crippen molar-refractivity contribution in [3.63, 3.8) is 0 Å². The third-order valence-corrected chi connectivity index (χ3v) is 2.00. The largest absolute Gasteiger partial charge is 0.475 e. The smallest absolute Gasteiger partial charge is 0.372 e. The molecule has 0 spiro atoms. The molecule has 1 rings (SSSR count). The Bertz CT molecular complexity index is 385. The van der Waals surface area contributed by atoms with E-state index in [-0.39, 0.29) is 6.42 Å². The van der Waals surface area contributed by atoms with E-state index in [1.165, 1.54) is 6.20 Å². The summed E-state index contributed by atoms with van der Waals surface area (Å²) in [5, 5.41) is 8.40. The van der Waals surface area contributed by atoms with Gasteiger partial charge in [-0.2, -0.15) is 0 Å². The van der Waals surface area contributed by atoms with Crippen molar-refractivity contribution in [2.45, 2.75) is 20.3 Å². The van der Waals surface area contributed by atoms with Gasteiger partial charge in [0.25, 0.3) is 0 Å². The van der Waals surface area contributed by atoms with Crippen LogP contribution in [-0.4, -0.2) is 21.8 Å². The highest BCUT2D eigenvalue weighted by atomic mass is 16.4. The van der Waals surface area contributed by atoms with Crippen molar-refractivity contribution in [1.82, 2.24) is 4.98 Å². The summed E-state index contributed by atoms with van der Waals surface area (Å²) in [7, 11) is 0. The number of aryl methyl sites for hydroxylation is 2. The molecule has 0 aliphatic rings. The van der Waals surface area contributed by atoms with E-state index >= 15 is 0 Å². The third kappa shape index (κ3) is 2.39. The highest BCUT2D eigenvalue weighted by Gasteiger charge is 2.12. The third-order valence-electron chi connectivity index (χ3n) is 2.00. The summed E-state index contributed by atoms with van der Waals surface area (Å²) in [6.45, 7) is 3.73. The molecule has 74 valence electrons. The van der Waals surface area contributed by atoms with Crippen molar-refractivity contribution < 1.29 is 14.7 Å². The number of aliphatic carboxylic acids is 1. The molecule has 0 aliphatic heterocycles. The molecular weight excluding hydrogens is 182 g/mol. The normalized spacial score (nSPS) is 9.86. The van der Waals surface area contributed by atoms with Gasteiger partial charge in [0.05, 0.1) is 0 Å². The minimum atomic E-state index is -1.40. The van der Waals surface area contributed by atoms with E-state index in [9.17, 15) is 9.59 Å². The van der Waals surface area contributed by atoms with Crippen molar-refractivity contribution >= 4 is 11.8 Å². The predicted molar refractivity (Wildman–Crippen MR) is 50.1 cm³/mol. The number of nitrogens with zero attached hydrogens (tertiary/aromatic N) is 1. The van der Waals surface area contributed by atoms with E-state index in [0.717, 1.165) is 11.3 Å². The van der Waals surface area contributed by atoms with Gasteiger partial charge in [-0.1, -0.05) is 6.07 Å². The number of Topliss-reactive ketones (excluding diaryl/α,β-unsaturated/α-hetero) is 1. The van der Waals surface area contributed by atoms with Crippen LogP contribution >= 0.6 is 0 Å². The van der Waals surface area contributed by atoms with Crippen molar-refractivity contribution in [2.24, 2.45) is 0 Å². The van der Waals surface area contributed by atoms with Crippen LogP contribution in [0.1, 0.15) is 16.8 Å². The number of carboxylic acid groups (broad SMARTS) is 1. The van der Waals surface area contributed by atoms with Crippen molar-refractivity contribution in [2.75, 3.05) is 0 Å². The van der Waals surface area contributed by atoms with Gasteiger partial charge in [-0.3, -0.25) is 9.78 Å². The standard InChI is InChI=1S/C10H11NO3/c1-6-3-8(5-11-7(6)2)4-9(12)10(13)14/h3,5H,4H2,1-2H3,(H,13,14). The fraction of sp³-hybridized carbons (Fsp3) is 0.300. The Morgan fingerprint density at radius 3 is 2.57 bits per heavy atom. The van der Waals surface area contributed by atoms with Gasteiger partial charge in [0, 0.05) is 18.3 Å². The van der Waals surface area contributed by atoms with Gasteiger partial charge < -0.3 is 5.11 Å². The monoisotopic (exact) mass is 193 g/mol. The fourth-order valence-electron chi connectivity index (χ4n) is 1.06. The minimum absolute atomic E-state index is 0.0938. The molecule has 0 saturated heterocycles. The number of rotatable bonds is 3. The Hall–Kier alpha value is -1.71. The summed E-state index contributed by atoms with van der Waals surface area (Å²) in [4.78, 5) is 25.2. The number of aromatic nitrogens is 1. The maximum atomic E-state index is 10.9. The molecule has 4 heteroatoms. The molecule has 0 saturated carbocycles. The summed E-state index contributed by atoms with van der Waals surface area (Å²) < 4.78 is 0. The number of carboxylic acids is 1. The minimum Gasteiger partial charge on any atom is -0.475 e. The van der Waals surface area contributed by atoms with E-state index in [1.807, 2.05) is 13.8 Å². The number of pyridine rings is 1. The average molecular weight is 193 g/mol. The topological polar surface area (TPSA) is 67.3 Å². The highest BCUT2D eigenvalue weighted by Crippen LogP contribution is 2.07. The van der Waals surface area contributed by atoms with Gasteiger partial charge in [-0.15, -0.1) is 0 Å². The molecule has 14 heavy (non-hydrogen) atoms. The van der Waals surface area contributed by atoms with Crippen molar-refractivity contribution in [1.29, 1.82) is 0 Å². The lowest BCUT2D eigenvalue weighted by molar-refractivity contribution is -0.148. The fourth-order valence-corrected chi connectivity index (χ4v) is 1.06. The van der Waals surface area contributed by atoms with Crippen molar-refractivity contribution in [3.05, 3.63) is 29.1 Å². The summed E-state index contributed by atoms with van der Waals surface area (Å²) in [6.07, 6.45) is 1.44. The first-order chi connectivity index (χ1) is 6.50. The number of hydrogen-bond donors (Lipinski definition) is 1. The van der Waals surface area contributed by atoms with Crippen LogP contribution in [0.2, 0.25) is 0 Å². The van der Waals surface area contributed by atoms with E-state index in [1.54, 1.807) is 6.07 Å². The molecule has 0 radical (unpaired) electrons. The molecule has 0 aromatic carbocycles. The van der Waals surface area contributed by atoms with Crippen molar-refractivity contribution in [3.8, 4) is 0 Å². The second kappa shape index (κ2) is 4.00. The molecule has 1 aromatic rings. The Kier molecular flexibility index (Phi) is 2.96. The van der Waals surface area contributed by atoms with Gasteiger partial charge in [-0.25, -0.2) is 4.79 Å². The summed E-state index contributed by atoms with van der Waals surface area (Å²) in [5.41, 5.74) is 2.48. The first kappa shape index (κ1) is 10.4. The van der Waals surface area contributed by atoms with Gasteiger partial charge >= 0.3 is 5.97 Å². The summed E-state index contributed by atoms with van der Waals surface area (Å²) in [5.74, 6) is -2.21. The molecule has 1 aromatic heterocycles. The van der Waals surface area contributed by atoms with Gasteiger partial charge in [-0.05, 0) is 25.0 Å². The zero-order chi connectivity index (χ0) is 10.7. The van der Waals surface area contributed by atoms with Gasteiger partial charge in [0.1, 0.15) is 0 Å². The number of hydrogen-bond acceptors (Lipinski definition) is 3. The first-order valence-electron chi connectivity index (χ1n) is 4.19. The van der Waals surface area contributed by atoms with Crippen LogP contribution in [0.4, 0.5) is 0 Å². The highest BCUT2D eigenvalue weighted by molar-refractivity contribution is 6.33. The van der Waals surface area contributed by atoms with Crippen LogP contribution in [0, 0.1) is 13.8 Å². The molecule has 4 nitrogen and oxygen atoms in total. The lowest BCUT2D eigenvalue weighted by atomic mass is 10.1. The Balaban J connectivity index is 2.83. The van der Waals surface area contributed by atoms with E-state index in [2.05, 4.69) is 4.98 Å². The first-order valence-corrected chi connectivity index (χ1v) is 4.19. The second-order valence-electron chi connectivity index (χ2n) is 3.15. The van der Waals surface area contributed by atoms with Crippen LogP contribution in [0.25, 0.3) is 0 Å². The molecule has 0 fully saturated rings. The predicted octanol–water partition coefficient (Wildman–Crippen LogP) is 0.895. The Labute approximate surface area is 81.6 Å². The van der Waals surface area contributed by atoms with Crippen LogP contribution in [0.5, 0.6) is 0 Å².